The lowest BCUT2D eigenvalue weighted by atomic mass is 9.92. The van der Waals surface area contributed by atoms with Crippen LogP contribution in [0.1, 0.15) is 44.7 Å². The predicted molar refractivity (Wildman–Crippen MR) is 90.1 cm³/mol. The molecule has 1 fully saturated rings. The molecule has 0 saturated carbocycles. The molecule has 3 nitrogen and oxygen atoms in total. The minimum Gasteiger partial charge on any atom is -0.349 e. The quantitative estimate of drug-likeness (QED) is 0.883. The van der Waals surface area contributed by atoms with Crippen molar-refractivity contribution in [2.24, 2.45) is 5.92 Å². The maximum Gasteiger partial charge on any atom is 0.223 e. The van der Waals surface area contributed by atoms with Gasteiger partial charge >= 0.3 is 0 Å². The molecule has 0 aliphatic carbocycles. The van der Waals surface area contributed by atoms with Crippen LogP contribution in [0.4, 0.5) is 0 Å². The van der Waals surface area contributed by atoms with Crippen molar-refractivity contribution in [2.45, 2.75) is 45.2 Å². The molecule has 1 aromatic carbocycles. The van der Waals surface area contributed by atoms with E-state index < -0.39 is 0 Å². The number of carbonyl (C=O) groups is 1. The Labute approximate surface area is 138 Å². The van der Waals surface area contributed by atoms with Crippen LogP contribution in [0.2, 0.25) is 5.02 Å². The van der Waals surface area contributed by atoms with Gasteiger partial charge in [-0.05, 0) is 50.4 Å². The van der Waals surface area contributed by atoms with Crippen LogP contribution in [0.25, 0.3) is 0 Å². The van der Waals surface area contributed by atoms with Gasteiger partial charge in [0.25, 0.3) is 0 Å². The van der Waals surface area contributed by atoms with Crippen molar-refractivity contribution in [3.63, 3.8) is 0 Å². The average molecular weight is 331 g/mol. The van der Waals surface area contributed by atoms with Gasteiger partial charge in [-0.15, -0.1) is 12.4 Å². The van der Waals surface area contributed by atoms with Gasteiger partial charge in [0.05, 0.1) is 6.04 Å². The minimum absolute atomic E-state index is 0. The molecule has 1 aliphatic rings. The molecule has 1 saturated heterocycles. The average Bonchev–Trinajstić information content (AvgIpc) is 2.45. The summed E-state index contributed by atoms with van der Waals surface area (Å²) in [5, 5.41) is 7.28. The first-order chi connectivity index (χ1) is 9.60. The van der Waals surface area contributed by atoms with Gasteiger partial charge in [0, 0.05) is 17.0 Å². The number of halogens is 2. The Morgan fingerprint density at radius 3 is 2.67 bits per heavy atom. The van der Waals surface area contributed by atoms with Crippen LogP contribution >= 0.6 is 24.0 Å². The van der Waals surface area contributed by atoms with Crippen molar-refractivity contribution in [3.05, 3.63) is 34.9 Å². The molecule has 0 radical (unpaired) electrons. The van der Waals surface area contributed by atoms with Crippen molar-refractivity contribution in [1.29, 1.82) is 0 Å². The topological polar surface area (TPSA) is 41.1 Å². The van der Waals surface area contributed by atoms with Gasteiger partial charge in [-0.2, -0.15) is 0 Å². The van der Waals surface area contributed by atoms with Crippen molar-refractivity contribution >= 4 is 29.9 Å². The third-order valence-corrected chi connectivity index (χ3v) is 4.24. The minimum atomic E-state index is 0. The van der Waals surface area contributed by atoms with Gasteiger partial charge in [-0.3, -0.25) is 4.79 Å². The Bertz CT molecular complexity index is 450. The Morgan fingerprint density at radius 2 is 2.10 bits per heavy atom. The molecular weight excluding hydrogens is 307 g/mol. The fourth-order valence-corrected chi connectivity index (χ4v) is 2.90. The lowest BCUT2D eigenvalue weighted by molar-refractivity contribution is -0.126. The molecule has 1 aromatic rings. The van der Waals surface area contributed by atoms with E-state index in [9.17, 15) is 4.79 Å². The van der Waals surface area contributed by atoms with Gasteiger partial charge < -0.3 is 10.6 Å². The number of nitrogens with one attached hydrogen (secondary N) is 2. The molecule has 118 valence electrons. The second-order valence-corrected chi connectivity index (χ2v) is 6.03. The molecule has 0 bridgehead atoms. The molecule has 1 amide bonds. The van der Waals surface area contributed by atoms with E-state index in [4.69, 9.17) is 11.6 Å². The van der Waals surface area contributed by atoms with E-state index in [1.807, 2.05) is 24.3 Å². The highest BCUT2D eigenvalue weighted by Crippen LogP contribution is 2.22. The van der Waals surface area contributed by atoms with E-state index in [0.29, 0.717) is 6.04 Å². The Kier molecular flexibility index (Phi) is 7.50. The molecule has 2 N–H and O–H groups in total. The van der Waals surface area contributed by atoms with Crippen LogP contribution in [0.15, 0.2) is 24.3 Å². The maximum atomic E-state index is 12.4. The van der Waals surface area contributed by atoms with Crippen LogP contribution in [0.5, 0.6) is 0 Å². The van der Waals surface area contributed by atoms with Crippen molar-refractivity contribution in [1.82, 2.24) is 10.6 Å². The monoisotopic (exact) mass is 330 g/mol. The van der Waals surface area contributed by atoms with E-state index >= 15 is 0 Å². The maximum absolute atomic E-state index is 12.4. The van der Waals surface area contributed by atoms with Gasteiger partial charge in [0.2, 0.25) is 5.91 Å². The number of carbonyl (C=O) groups excluding carboxylic acids is 1. The SMILES string of the molecule is CCC(NC(=O)[C@H]1CCN[C@@H](C)C1)c1ccc(Cl)cc1.Cl. The first-order valence-electron chi connectivity index (χ1n) is 7.39. The molecule has 3 atom stereocenters. The van der Waals surface area contributed by atoms with Crippen LogP contribution in [-0.4, -0.2) is 18.5 Å². The number of rotatable bonds is 4. The van der Waals surface area contributed by atoms with Crippen LogP contribution in [0.3, 0.4) is 0 Å². The number of hydrogen-bond donors (Lipinski definition) is 2. The fourth-order valence-electron chi connectivity index (χ4n) is 2.78. The molecule has 1 unspecified atom stereocenters. The molecule has 1 aliphatic heterocycles. The smallest absolute Gasteiger partial charge is 0.223 e. The molecule has 1 heterocycles. The number of amides is 1. The van der Waals surface area contributed by atoms with Crippen LogP contribution in [0, 0.1) is 5.92 Å². The van der Waals surface area contributed by atoms with E-state index in [0.717, 1.165) is 36.4 Å². The second-order valence-electron chi connectivity index (χ2n) is 5.60. The fraction of sp³-hybridized carbons (Fsp3) is 0.562. The molecule has 21 heavy (non-hydrogen) atoms. The Hall–Kier alpha value is -0.770. The summed E-state index contributed by atoms with van der Waals surface area (Å²) in [5.41, 5.74) is 1.12. The molecule has 2 rings (SSSR count). The van der Waals surface area contributed by atoms with Crippen molar-refractivity contribution in [3.8, 4) is 0 Å². The van der Waals surface area contributed by atoms with Crippen molar-refractivity contribution < 1.29 is 4.79 Å². The second kappa shape index (κ2) is 8.62. The summed E-state index contributed by atoms with van der Waals surface area (Å²) in [4.78, 5) is 12.4. The first kappa shape index (κ1) is 18.3. The Balaban J connectivity index is 0.00000220. The summed E-state index contributed by atoms with van der Waals surface area (Å²) in [6, 6.07) is 8.22. The van der Waals surface area contributed by atoms with Crippen molar-refractivity contribution in [2.75, 3.05) is 6.54 Å². The van der Waals surface area contributed by atoms with Gasteiger partial charge in [0.15, 0.2) is 0 Å². The van der Waals surface area contributed by atoms with Gasteiger partial charge in [-0.25, -0.2) is 0 Å². The summed E-state index contributed by atoms with van der Waals surface area (Å²) in [5.74, 6) is 0.313. The van der Waals surface area contributed by atoms with E-state index in [2.05, 4.69) is 24.5 Å². The zero-order chi connectivity index (χ0) is 14.5. The zero-order valence-electron chi connectivity index (χ0n) is 12.6. The molecule has 5 heteroatoms. The molecule has 0 spiro atoms. The Morgan fingerprint density at radius 1 is 1.43 bits per heavy atom. The molecular formula is C16H24Cl2N2O. The van der Waals surface area contributed by atoms with E-state index in [1.54, 1.807) is 0 Å². The summed E-state index contributed by atoms with van der Waals surface area (Å²) in [7, 11) is 0. The standard InChI is InChI=1S/C16H23ClN2O.ClH/c1-3-15(12-4-6-14(17)7-5-12)19-16(20)13-8-9-18-11(2)10-13;/h4-7,11,13,15,18H,3,8-10H2,1-2H3,(H,19,20);1H/t11-,13-,15?;/m0./s1. The molecule has 0 aromatic heterocycles. The van der Waals surface area contributed by atoms with E-state index in [1.165, 1.54) is 0 Å². The van der Waals surface area contributed by atoms with Crippen LogP contribution < -0.4 is 10.6 Å². The lowest BCUT2D eigenvalue weighted by Gasteiger charge is -2.29. The highest BCUT2D eigenvalue weighted by Gasteiger charge is 2.26. The largest absolute Gasteiger partial charge is 0.349 e. The summed E-state index contributed by atoms with van der Waals surface area (Å²) < 4.78 is 0. The summed E-state index contributed by atoms with van der Waals surface area (Å²) in [6.45, 7) is 5.15. The highest BCUT2D eigenvalue weighted by atomic mass is 35.5. The normalized spacial score (nSPS) is 23.0. The zero-order valence-corrected chi connectivity index (χ0v) is 14.1. The number of piperidine rings is 1. The highest BCUT2D eigenvalue weighted by molar-refractivity contribution is 6.30. The number of benzene rings is 1. The van der Waals surface area contributed by atoms with Gasteiger partial charge in [0.1, 0.15) is 0 Å². The first-order valence-corrected chi connectivity index (χ1v) is 7.77. The van der Waals surface area contributed by atoms with E-state index in [-0.39, 0.29) is 30.3 Å². The summed E-state index contributed by atoms with van der Waals surface area (Å²) >= 11 is 5.91. The summed E-state index contributed by atoms with van der Waals surface area (Å²) in [6.07, 6.45) is 2.73. The third kappa shape index (κ3) is 5.17. The third-order valence-electron chi connectivity index (χ3n) is 3.99. The van der Waals surface area contributed by atoms with Gasteiger partial charge in [-0.1, -0.05) is 30.7 Å². The lowest BCUT2D eigenvalue weighted by Crippen LogP contribution is -2.43. The van der Waals surface area contributed by atoms with Crippen LogP contribution in [-0.2, 0) is 4.79 Å². The number of hydrogen-bond acceptors (Lipinski definition) is 2. The predicted octanol–water partition coefficient (Wildman–Crippen LogP) is 3.72.